The Morgan fingerprint density at radius 1 is 0.857 bits per heavy atom. The van der Waals surface area contributed by atoms with Crippen LogP contribution in [0.5, 0.6) is 0 Å². The average molecular weight is 173 g/mol. The molecule has 6 N–H and O–H groups in total. The zero-order valence-electron chi connectivity index (χ0n) is 3.11. The van der Waals surface area contributed by atoms with Crippen molar-refractivity contribution in [2.24, 2.45) is 0 Å². The van der Waals surface area contributed by atoms with Crippen LogP contribution in [0, 0.1) is 0 Å². The summed E-state index contributed by atoms with van der Waals surface area (Å²) < 4.78 is 0. The van der Waals surface area contributed by atoms with Crippen molar-refractivity contribution in [3.05, 3.63) is 0 Å². The van der Waals surface area contributed by atoms with Crippen LogP contribution in [-0.2, 0) is 16.5 Å². The summed E-state index contributed by atoms with van der Waals surface area (Å²) in [6, 6.07) is 0. The van der Waals surface area contributed by atoms with Crippen LogP contribution >= 0.6 is 0 Å². The topological polar surface area (TPSA) is 112 Å². The predicted molar refractivity (Wildman–Crippen MR) is 18.2 cm³/mol. The Bertz CT molecular complexity index is 23.6. The van der Waals surface area contributed by atoms with Gasteiger partial charge in [0.1, 0.15) is 0 Å². The maximum Gasteiger partial charge on any atom is 0.668 e. The summed E-state index contributed by atoms with van der Waals surface area (Å²) in [5, 5.41) is 0. The van der Waals surface area contributed by atoms with E-state index in [-0.39, 0.29) is 22.0 Å². The third kappa shape index (κ3) is 508. The first-order valence-corrected chi connectivity index (χ1v) is 2.68. The molecule has 50 valence electrons. The monoisotopic (exact) mass is 172 g/mol. The molecule has 0 aliphatic carbocycles. The largest absolute Gasteiger partial charge is 0.668 e. The summed E-state index contributed by atoms with van der Waals surface area (Å²) in [7, 11) is -4.61. The second kappa shape index (κ2) is 4.66. The molecule has 0 atom stereocenters. The van der Waals surface area contributed by atoms with E-state index in [0.29, 0.717) is 0 Å². The molecular formula is H6NiO5Si. The van der Waals surface area contributed by atoms with Crippen LogP contribution in [0.2, 0.25) is 0 Å². The molecule has 0 radical (unpaired) electrons. The van der Waals surface area contributed by atoms with Gasteiger partial charge in [0.15, 0.2) is 0 Å². The van der Waals surface area contributed by atoms with E-state index in [0.717, 1.165) is 0 Å². The van der Waals surface area contributed by atoms with E-state index in [4.69, 9.17) is 19.2 Å². The molecule has 0 aromatic rings. The van der Waals surface area contributed by atoms with Crippen LogP contribution in [0.15, 0.2) is 0 Å². The maximum absolute atomic E-state index is 7.33. The molecule has 7 heteroatoms. The normalized spacial score (nSPS) is 8.57. The summed E-state index contributed by atoms with van der Waals surface area (Å²) in [5.74, 6) is 0. The minimum Gasteiger partial charge on any atom is -0.412 e. The molecule has 0 aliphatic heterocycles. The van der Waals surface area contributed by atoms with E-state index in [1.807, 2.05) is 0 Å². The van der Waals surface area contributed by atoms with Crippen LogP contribution in [0.4, 0.5) is 0 Å². The van der Waals surface area contributed by atoms with Crippen LogP contribution < -0.4 is 0 Å². The Balaban J connectivity index is -0.0000000800. The molecule has 7 heavy (non-hydrogen) atoms. The van der Waals surface area contributed by atoms with Gasteiger partial charge in [0.2, 0.25) is 0 Å². The predicted octanol–water partition coefficient (Wildman–Crippen LogP) is -3.44. The molecule has 0 aliphatic rings. The van der Waals surface area contributed by atoms with E-state index in [9.17, 15) is 0 Å². The molecule has 0 spiro atoms. The van der Waals surface area contributed by atoms with Crippen LogP contribution in [0.1, 0.15) is 0 Å². The molecule has 0 saturated carbocycles. The first kappa shape index (κ1) is 15.6. The van der Waals surface area contributed by atoms with Crippen molar-refractivity contribution >= 4 is 9.05 Å². The maximum atomic E-state index is 7.33. The van der Waals surface area contributed by atoms with E-state index >= 15 is 0 Å². The Hall–Kier alpha value is 0.510. The summed E-state index contributed by atoms with van der Waals surface area (Å²) in [6.07, 6.45) is 0. The Kier molecular flexibility index (Phi) is 10.4. The van der Waals surface area contributed by atoms with Crippen molar-refractivity contribution in [2.75, 3.05) is 0 Å². The number of hydrogen-bond donors (Lipinski definition) is 4. The van der Waals surface area contributed by atoms with Gasteiger partial charge in [-0.05, 0) is 0 Å². The Morgan fingerprint density at radius 3 is 0.857 bits per heavy atom. The van der Waals surface area contributed by atoms with Crippen LogP contribution in [-0.4, -0.2) is 33.7 Å². The summed E-state index contributed by atoms with van der Waals surface area (Å²) in [5.41, 5.74) is 0. The molecule has 0 heterocycles. The third-order valence-electron chi connectivity index (χ3n) is 0. The van der Waals surface area contributed by atoms with Gasteiger partial charge in [-0.3, -0.25) is 0 Å². The van der Waals surface area contributed by atoms with E-state index in [2.05, 4.69) is 0 Å². The van der Waals surface area contributed by atoms with Gasteiger partial charge in [-0.1, -0.05) is 0 Å². The number of hydrogen-bond acceptors (Lipinski definition) is 4. The SMILES string of the molecule is O.O[Si](O)(O)O.[Ni]. The van der Waals surface area contributed by atoms with E-state index < -0.39 is 9.05 Å². The molecule has 0 saturated heterocycles. The average Bonchev–Trinajstić information content (AvgIpc) is 0.722. The number of rotatable bonds is 0. The van der Waals surface area contributed by atoms with Crippen molar-refractivity contribution < 1.29 is 41.2 Å². The van der Waals surface area contributed by atoms with Gasteiger partial charge in [0.25, 0.3) is 0 Å². The summed E-state index contributed by atoms with van der Waals surface area (Å²) in [6.45, 7) is 0. The van der Waals surface area contributed by atoms with Crippen LogP contribution in [0.3, 0.4) is 0 Å². The smallest absolute Gasteiger partial charge is 0.412 e. The fourth-order valence-electron chi connectivity index (χ4n) is 0. The van der Waals surface area contributed by atoms with Gasteiger partial charge >= 0.3 is 9.05 Å². The van der Waals surface area contributed by atoms with Crippen LogP contribution in [0.25, 0.3) is 0 Å². The van der Waals surface area contributed by atoms with Gasteiger partial charge in [-0.25, -0.2) is 0 Å². The third-order valence-corrected chi connectivity index (χ3v) is 0. The van der Waals surface area contributed by atoms with Gasteiger partial charge in [-0.2, -0.15) is 0 Å². The van der Waals surface area contributed by atoms with Crippen molar-refractivity contribution in [2.45, 2.75) is 0 Å². The molecule has 0 amide bonds. The second-order valence-electron chi connectivity index (χ2n) is 0.600. The standard InChI is InChI=1S/Ni.H4O4Si.H2O/c;1-5(2,3)4;/h;1-4H;1H2. The Morgan fingerprint density at radius 2 is 0.857 bits per heavy atom. The quantitative estimate of drug-likeness (QED) is 0.285. The van der Waals surface area contributed by atoms with Crippen molar-refractivity contribution in [1.29, 1.82) is 0 Å². The minimum atomic E-state index is -4.61. The fourth-order valence-corrected chi connectivity index (χ4v) is 0. The molecule has 0 aromatic heterocycles. The van der Waals surface area contributed by atoms with Gasteiger partial charge in [0, 0.05) is 16.5 Å². The molecule has 5 nitrogen and oxygen atoms in total. The zero-order valence-corrected chi connectivity index (χ0v) is 5.09. The minimum absolute atomic E-state index is 0. The van der Waals surface area contributed by atoms with Gasteiger partial charge < -0.3 is 24.7 Å². The Labute approximate surface area is 51.0 Å². The molecule has 0 fully saturated rings. The molecular weight excluding hydrogens is 167 g/mol. The molecule has 0 unspecified atom stereocenters. The van der Waals surface area contributed by atoms with Crippen molar-refractivity contribution in [3.63, 3.8) is 0 Å². The second-order valence-corrected chi connectivity index (χ2v) is 1.80. The fraction of sp³-hybridized carbons (Fsp3) is 0. The summed E-state index contributed by atoms with van der Waals surface area (Å²) in [4.78, 5) is 29.3. The zero-order chi connectivity index (χ0) is 4.50. The first-order chi connectivity index (χ1) is 2.00. The van der Waals surface area contributed by atoms with Crippen molar-refractivity contribution in [1.82, 2.24) is 0 Å². The molecule has 0 aromatic carbocycles. The molecule has 0 bridgehead atoms. The van der Waals surface area contributed by atoms with Gasteiger partial charge in [0.05, 0.1) is 0 Å². The first-order valence-electron chi connectivity index (χ1n) is 0.894. The van der Waals surface area contributed by atoms with Crippen molar-refractivity contribution in [3.8, 4) is 0 Å². The summed E-state index contributed by atoms with van der Waals surface area (Å²) >= 11 is 0. The van der Waals surface area contributed by atoms with E-state index in [1.54, 1.807) is 0 Å². The molecule has 0 rings (SSSR count). The van der Waals surface area contributed by atoms with E-state index in [1.165, 1.54) is 0 Å². The van der Waals surface area contributed by atoms with Gasteiger partial charge in [-0.15, -0.1) is 0 Å².